The highest BCUT2D eigenvalue weighted by Crippen LogP contribution is 2.20. The first-order chi connectivity index (χ1) is 13.1. The van der Waals surface area contributed by atoms with Gasteiger partial charge in [-0.3, -0.25) is 4.90 Å². The Balaban J connectivity index is 1.45. The number of hydrogen-bond acceptors (Lipinski definition) is 6. The van der Waals surface area contributed by atoms with E-state index in [9.17, 15) is 8.42 Å². The Kier molecular flexibility index (Phi) is 4.97. The molecule has 0 bridgehead atoms. The van der Waals surface area contributed by atoms with Gasteiger partial charge in [0.15, 0.2) is 0 Å². The Morgan fingerprint density at radius 2 is 1.70 bits per heavy atom. The summed E-state index contributed by atoms with van der Waals surface area (Å²) in [5, 5.41) is 11.0. The number of tetrazole rings is 1. The third-order valence-corrected chi connectivity index (χ3v) is 6.54. The van der Waals surface area contributed by atoms with Crippen molar-refractivity contribution in [2.45, 2.75) is 11.4 Å². The Morgan fingerprint density at radius 1 is 0.926 bits per heavy atom. The predicted molar refractivity (Wildman–Crippen MR) is 99.6 cm³/mol. The summed E-state index contributed by atoms with van der Waals surface area (Å²) < 4.78 is 29.0. The van der Waals surface area contributed by atoms with E-state index in [1.807, 2.05) is 18.2 Å². The van der Waals surface area contributed by atoms with Crippen LogP contribution in [0, 0.1) is 0 Å². The first-order valence-corrected chi connectivity index (χ1v) is 10.2. The third-order valence-electron chi connectivity index (χ3n) is 4.65. The van der Waals surface area contributed by atoms with Gasteiger partial charge in [-0.25, -0.2) is 13.1 Å². The van der Waals surface area contributed by atoms with Gasteiger partial charge in [-0.15, -0.1) is 5.10 Å². The summed E-state index contributed by atoms with van der Waals surface area (Å²) in [5.41, 5.74) is 1.85. The number of sulfonamides is 1. The molecule has 0 aliphatic carbocycles. The van der Waals surface area contributed by atoms with E-state index in [0.717, 1.165) is 6.54 Å². The summed E-state index contributed by atoms with van der Waals surface area (Å²) in [7, 11) is -3.55. The molecule has 0 atom stereocenters. The zero-order chi connectivity index (χ0) is 18.7. The lowest BCUT2D eigenvalue weighted by molar-refractivity contribution is 0.181. The lowest BCUT2D eigenvalue weighted by atomic mass is 10.2. The maximum Gasteiger partial charge on any atom is 0.243 e. The van der Waals surface area contributed by atoms with Gasteiger partial charge in [0.05, 0.1) is 10.6 Å². The average Bonchev–Trinajstić information content (AvgIpc) is 3.24. The first-order valence-electron chi connectivity index (χ1n) is 8.73. The molecule has 8 nitrogen and oxygen atoms in total. The summed E-state index contributed by atoms with van der Waals surface area (Å²) in [6.07, 6.45) is 1.44. The largest absolute Gasteiger partial charge is 0.296 e. The summed E-state index contributed by atoms with van der Waals surface area (Å²) in [6.45, 7) is 3.21. The van der Waals surface area contributed by atoms with Crippen LogP contribution in [-0.2, 0) is 16.6 Å². The maximum absolute atomic E-state index is 13.0. The molecule has 0 saturated carbocycles. The molecule has 2 aromatic carbocycles. The zero-order valence-electron chi connectivity index (χ0n) is 14.7. The molecule has 1 saturated heterocycles. The minimum Gasteiger partial charge on any atom is -0.296 e. The molecule has 9 heteroatoms. The van der Waals surface area contributed by atoms with Crippen molar-refractivity contribution in [1.82, 2.24) is 29.4 Å². The van der Waals surface area contributed by atoms with Crippen molar-refractivity contribution in [2.24, 2.45) is 0 Å². The van der Waals surface area contributed by atoms with Gasteiger partial charge >= 0.3 is 0 Å². The van der Waals surface area contributed by atoms with E-state index in [-0.39, 0.29) is 4.90 Å². The van der Waals surface area contributed by atoms with E-state index < -0.39 is 10.0 Å². The quantitative estimate of drug-likeness (QED) is 0.657. The monoisotopic (exact) mass is 384 g/mol. The standard InChI is InChI=1S/C18H20N6O2S/c25-27(26,18-8-4-7-17(13-18)24-15-19-20-21-24)23-11-9-22(10-12-23)14-16-5-2-1-3-6-16/h1-8,13,15H,9-12,14H2. The molecule has 1 aromatic heterocycles. The van der Waals surface area contributed by atoms with Gasteiger partial charge in [0.25, 0.3) is 0 Å². The van der Waals surface area contributed by atoms with Crippen LogP contribution in [0.25, 0.3) is 5.69 Å². The number of aromatic nitrogens is 4. The van der Waals surface area contributed by atoms with Gasteiger partial charge < -0.3 is 0 Å². The lowest BCUT2D eigenvalue weighted by Crippen LogP contribution is -2.48. The molecule has 140 valence electrons. The van der Waals surface area contributed by atoms with Gasteiger partial charge in [0.1, 0.15) is 6.33 Å². The van der Waals surface area contributed by atoms with Gasteiger partial charge in [0, 0.05) is 32.7 Å². The normalized spacial score (nSPS) is 16.4. The molecule has 0 N–H and O–H groups in total. The van der Waals surface area contributed by atoms with Crippen molar-refractivity contribution in [3.8, 4) is 5.69 Å². The molecule has 27 heavy (non-hydrogen) atoms. The van der Waals surface area contributed by atoms with Gasteiger partial charge in [-0.1, -0.05) is 36.4 Å². The van der Waals surface area contributed by atoms with Crippen LogP contribution in [0.1, 0.15) is 5.56 Å². The molecular formula is C18H20N6O2S. The van der Waals surface area contributed by atoms with E-state index in [4.69, 9.17) is 0 Å². The number of piperazine rings is 1. The topological polar surface area (TPSA) is 84.2 Å². The van der Waals surface area contributed by atoms with Crippen molar-refractivity contribution in [1.29, 1.82) is 0 Å². The van der Waals surface area contributed by atoms with Crippen molar-refractivity contribution < 1.29 is 8.42 Å². The van der Waals surface area contributed by atoms with Gasteiger partial charge in [-0.2, -0.15) is 4.31 Å². The maximum atomic E-state index is 13.0. The van der Waals surface area contributed by atoms with Crippen molar-refractivity contribution in [3.63, 3.8) is 0 Å². The highest BCUT2D eigenvalue weighted by Gasteiger charge is 2.28. The van der Waals surface area contributed by atoms with E-state index >= 15 is 0 Å². The molecule has 1 aliphatic heterocycles. The first kappa shape index (κ1) is 17.8. The molecule has 3 aromatic rings. The van der Waals surface area contributed by atoms with Crippen molar-refractivity contribution in [3.05, 3.63) is 66.5 Å². The molecule has 4 rings (SSSR count). The molecule has 0 amide bonds. The smallest absolute Gasteiger partial charge is 0.243 e. The number of nitrogens with zero attached hydrogens (tertiary/aromatic N) is 6. The fourth-order valence-electron chi connectivity index (χ4n) is 3.18. The zero-order valence-corrected chi connectivity index (χ0v) is 15.5. The molecule has 1 aliphatic rings. The summed E-state index contributed by atoms with van der Waals surface area (Å²) in [5.74, 6) is 0. The predicted octanol–water partition coefficient (Wildman–Crippen LogP) is 1.17. The lowest BCUT2D eigenvalue weighted by Gasteiger charge is -2.34. The van der Waals surface area contributed by atoms with Crippen LogP contribution in [0.5, 0.6) is 0 Å². The van der Waals surface area contributed by atoms with Crippen LogP contribution in [0.2, 0.25) is 0 Å². The fourth-order valence-corrected chi connectivity index (χ4v) is 4.65. The molecule has 0 radical (unpaired) electrons. The second kappa shape index (κ2) is 7.55. The highest BCUT2D eigenvalue weighted by molar-refractivity contribution is 7.89. The fraction of sp³-hybridized carbons (Fsp3) is 0.278. The van der Waals surface area contributed by atoms with Gasteiger partial charge in [-0.05, 0) is 34.2 Å². The van der Waals surface area contributed by atoms with Crippen LogP contribution in [-0.4, -0.2) is 64.0 Å². The minimum absolute atomic E-state index is 0.256. The summed E-state index contributed by atoms with van der Waals surface area (Å²) >= 11 is 0. The highest BCUT2D eigenvalue weighted by atomic mass is 32.2. The van der Waals surface area contributed by atoms with Crippen LogP contribution >= 0.6 is 0 Å². The second-order valence-corrected chi connectivity index (χ2v) is 8.36. The average molecular weight is 384 g/mol. The Hall–Kier alpha value is -2.62. The number of rotatable bonds is 5. The summed E-state index contributed by atoms with van der Waals surface area (Å²) in [4.78, 5) is 2.53. The molecular weight excluding hydrogens is 364 g/mol. The SMILES string of the molecule is O=S(=O)(c1cccc(-n2cnnn2)c1)N1CCN(Cc2ccccc2)CC1. The molecule has 1 fully saturated rings. The Morgan fingerprint density at radius 3 is 2.41 bits per heavy atom. The van der Waals surface area contributed by atoms with Crippen molar-refractivity contribution in [2.75, 3.05) is 26.2 Å². The van der Waals surface area contributed by atoms with Crippen LogP contribution in [0.15, 0.2) is 65.8 Å². The van der Waals surface area contributed by atoms with Gasteiger partial charge in [0.2, 0.25) is 10.0 Å². The number of benzene rings is 2. The third kappa shape index (κ3) is 3.90. The van der Waals surface area contributed by atoms with E-state index in [0.29, 0.717) is 31.9 Å². The van der Waals surface area contributed by atoms with E-state index in [2.05, 4.69) is 32.6 Å². The summed E-state index contributed by atoms with van der Waals surface area (Å²) in [6, 6.07) is 16.9. The second-order valence-electron chi connectivity index (χ2n) is 6.42. The Labute approximate surface area is 158 Å². The molecule has 0 spiro atoms. The van der Waals surface area contributed by atoms with E-state index in [1.54, 1.807) is 28.6 Å². The number of hydrogen-bond donors (Lipinski definition) is 0. The van der Waals surface area contributed by atoms with Crippen molar-refractivity contribution >= 4 is 10.0 Å². The van der Waals surface area contributed by atoms with Crippen LogP contribution < -0.4 is 0 Å². The molecule has 0 unspecified atom stereocenters. The molecule has 2 heterocycles. The van der Waals surface area contributed by atoms with E-state index in [1.165, 1.54) is 16.6 Å². The van der Waals surface area contributed by atoms with Crippen LogP contribution in [0.3, 0.4) is 0 Å². The Bertz CT molecular complexity index is 984. The minimum atomic E-state index is -3.55. The van der Waals surface area contributed by atoms with Crippen LogP contribution in [0.4, 0.5) is 0 Å².